The molecule has 2 N–H and O–H groups in total. The lowest BCUT2D eigenvalue weighted by Gasteiger charge is -2.07. The number of hydrogen-bond acceptors (Lipinski definition) is 3. The van der Waals surface area contributed by atoms with Gasteiger partial charge in [-0.15, -0.1) is 0 Å². The average molecular weight is 342 g/mol. The Bertz CT molecular complexity index is 1050. The Balaban J connectivity index is 1.64. The minimum Gasteiger partial charge on any atom is -0.464 e. The van der Waals surface area contributed by atoms with Crippen molar-refractivity contribution in [1.29, 1.82) is 0 Å². The number of amidine groups is 1. The van der Waals surface area contributed by atoms with E-state index in [0.29, 0.717) is 5.84 Å². The van der Waals surface area contributed by atoms with Crippen LogP contribution in [0.4, 0.5) is 5.69 Å². The molecule has 0 bridgehead atoms. The molecule has 0 unspecified atom stereocenters. The van der Waals surface area contributed by atoms with E-state index in [4.69, 9.17) is 4.42 Å². The van der Waals surface area contributed by atoms with Gasteiger partial charge in [0.1, 0.15) is 5.58 Å². The number of aliphatic imine (C=N–C) groups is 1. The molecule has 26 heavy (non-hydrogen) atoms. The first-order valence-corrected chi connectivity index (χ1v) is 8.41. The molecule has 0 aliphatic heterocycles. The Kier molecular flexibility index (Phi) is 4.50. The van der Waals surface area contributed by atoms with Crippen LogP contribution in [0.3, 0.4) is 0 Å². The maximum atomic E-state index is 9.56. The highest BCUT2D eigenvalue weighted by Gasteiger charge is 2.06. The van der Waals surface area contributed by atoms with E-state index in [0.717, 1.165) is 28.6 Å². The van der Waals surface area contributed by atoms with E-state index < -0.39 is 0 Å². The number of furan rings is 1. The number of hydroxylamine groups is 1. The summed E-state index contributed by atoms with van der Waals surface area (Å²) < 4.78 is 5.35. The van der Waals surface area contributed by atoms with Crippen LogP contribution in [0.2, 0.25) is 0 Å². The SMILES string of the molecule is ONC(=Nc1cccc(Cc2ccccc2)c1)c1ccc2occc2c1. The molecular weight excluding hydrogens is 324 g/mol. The molecule has 0 aliphatic rings. The van der Waals surface area contributed by atoms with Crippen molar-refractivity contribution in [3.05, 3.63) is 102 Å². The molecule has 3 aromatic carbocycles. The van der Waals surface area contributed by atoms with E-state index in [1.165, 1.54) is 11.1 Å². The maximum absolute atomic E-state index is 9.56. The summed E-state index contributed by atoms with van der Waals surface area (Å²) in [5.74, 6) is 0.393. The second kappa shape index (κ2) is 7.25. The van der Waals surface area contributed by atoms with Crippen LogP contribution in [0.1, 0.15) is 16.7 Å². The smallest absolute Gasteiger partial charge is 0.157 e. The molecule has 0 spiro atoms. The van der Waals surface area contributed by atoms with Crippen LogP contribution in [-0.2, 0) is 6.42 Å². The van der Waals surface area contributed by atoms with E-state index in [2.05, 4.69) is 28.7 Å². The fraction of sp³-hybridized carbons (Fsp3) is 0.0455. The molecule has 128 valence electrons. The molecule has 1 aromatic heterocycles. The molecule has 4 aromatic rings. The van der Waals surface area contributed by atoms with Crippen molar-refractivity contribution >= 4 is 22.5 Å². The Labute approximate surface area is 151 Å². The van der Waals surface area contributed by atoms with Crippen LogP contribution in [0.25, 0.3) is 11.0 Å². The van der Waals surface area contributed by atoms with Gasteiger partial charge in [-0.1, -0.05) is 42.5 Å². The molecule has 4 rings (SSSR count). The highest BCUT2D eigenvalue weighted by molar-refractivity contribution is 6.02. The normalized spacial score (nSPS) is 11.7. The van der Waals surface area contributed by atoms with Crippen molar-refractivity contribution in [2.24, 2.45) is 4.99 Å². The lowest BCUT2D eigenvalue weighted by atomic mass is 10.0. The van der Waals surface area contributed by atoms with Gasteiger partial charge in [0.05, 0.1) is 12.0 Å². The van der Waals surface area contributed by atoms with Crippen molar-refractivity contribution in [2.45, 2.75) is 6.42 Å². The molecule has 4 nitrogen and oxygen atoms in total. The molecule has 4 heteroatoms. The number of nitrogens with zero attached hydrogens (tertiary/aromatic N) is 1. The third kappa shape index (κ3) is 3.50. The highest BCUT2D eigenvalue weighted by Crippen LogP contribution is 2.20. The highest BCUT2D eigenvalue weighted by atomic mass is 16.5. The van der Waals surface area contributed by atoms with Crippen LogP contribution < -0.4 is 5.48 Å². The van der Waals surface area contributed by atoms with Crippen LogP contribution in [0.15, 0.2) is 94.5 Å². The van der Waals surface area contributed by atoms with Gasteiger partial charge in [0.25, 0.3) is 0 Å². The summed E-state index contributed by atoms with van der Waals surface area (Å²) in [5, 5.41) is 10.5. The van der Waals surface area contributed by atoms with Crippen molar-refractivity contribution in [1.82, 2.24) is 5.48 Å². The Morgan fingerprint density at radius 2 is 1.73 bits per heavy atom. The molecule has 0 atom stereocenters. The van der Waals surface area contributed by atoms with Gasteiger partial charge in [0.2, 0.25) is 0 Å². The third-order valence-corrected chi connectivity index (χ3v) is 4.23. The lowest BCUT2D eigenvalue weighted by molar-refractivity contribution is 0.235. The van der Waals surface area contributed by atoms with Crippen molar-refractivity contribution in [3.63, 3.8) is 0 Å². The van der Waals surface area contributed by atoms with Crippen LogP contribution in [0, 0.1) is 0 Å². The second-order valence-electron chi connectivity index (χ2n) is 6.08. The molecular formula is C22H18N2O2. The van der Waals surface area contributed by atoms with Crippen LogP contribution in [0.5, 0.6) is 0 Å². The van der Waals surface area contributed by atoms with Gasteiger partial charge in [0.15, 0.2) is 5.84 Å². The van der Waals surface area contributed by atoms with Crippen molar-refractivity contribution in [2.75, 3.05) is 0 Å². The first kappa shape index (κ1) is 16.1. The zero-order valence-corrected chi connectivity index (χ0v) is 14.1. The van der Waals surface area contributed by atoms with Gasteiger partial charge >= 0.3 is 0 Å². The van der Waals surface area contributed by atoms with Gasteiger partial charge in [-0.2, -0.15) is 0 Å². The van der Waals surface area contributed by atoms with Crippen LogP contribution in [-0.4, -0.2) is 11.0 Å². The number of hydrogen-bond donors (Lipinski definition) is 2. The molecule has 0 fully saturated rings. The van der Waals surface area contributed by atoms with E-state index in [1.54, 1.807) is 6.26 Å². The summed E-state index contributed by atoms with van der Waals surface area (Å²) in [6.45, 7) is 0. The van der Waals surface area contributed by atoms with Crippen molar-refractivity contribution < 1.29 is 9.62 Å². The second-order valence-corrected chi connectivity index (χ2v) is 6.08. The maximum Gasteiger partial charge on any atom is 0.157 e. The molecule has 0 aliphatic carbocycles. The summed E-state index contributed by atoms with van der Waals surface area (Å²) in [6.07, 6.45) is 2.48. The number of benzene rings is 3. The summed E-state index contributed by atoms with van der Waals surface area (Å²) in [7, 11) is 0. The monoisotopic (exact) mass is 342 g/mol. The molecule has 0 radical (unpaired) electrons. The molecule has 0 amide bonds. The Morgan fingerprint density at radius 3 is 2.58 bits per heavy atom. The predicted octanol–water partition coefficient (Wildman–Crippen LogP) is 5.08. The first-order valence-electron chi connectivity index (χ1n) is 8.41. The standard InChI is InChI=1S/C22H18N2O2/c25-24-22(19-9-10-21-18(15-19)11-12-26-21)23-20-8-4-7-17(14-20)13-16-5-2-1-3-6-16/h1-12,14-15,25H,13H2,(H,23,24). The Morgan fingerprint density at radius 1 is 0.885 bits per heavy atom. The van der Waals surface area contributed by atoms with E-state index in [9.17, 15) is 5.21 Å². The summed E-state index contributed by atoms with van der Waals surface area (Å²) >= 11 is 0. The van der Waals surface area contributed by atoms with E-state index in [-0.39, 0.29) is 0 Å². The minimum atomic E-state index is 0.393. The lowest BCUT2D eigenvalue weighted by Crippen LogP contribution is -2.19. The summed E-state index contributed by atoms with van der Waals surface area (Å²) in [5.41, 5.74) is 7.00. The Hall–Kier alpha value is -3.37. The van der Waals surface area contributed by atoms with Crippen molar-refractivity contribution in [3.8, 4) is 0 Å². The topological polar surface area (TPSA) is 57.8 Å². The summed E-state index contributed by atoms with van der Waals surface area (Å²) in [4.78, 5) is 4.57. The zero-order chi connectivity index (χ0) is 17.8. The average Bonchev–Trinajstić information content (AvgIpc) is 3.15. The van der Waals surface area contributed by atoms with Gasteiger partial charge in [0, 0.05) is 10.9 Å². The minimum absolute atomic E-state index is 0.393. The first-order chi connectivity index (χ1) is 12.8. The largest absolute Gasteiger partial charge is 0.464 e. The van der Waals surface area contributed by atoms with Gasteiger partial charge in [-0.3, -0.25) is 10.7 Å². The molecule has 0 saturated carbocycles. The predicted molar refractivity (Wildman–Crippen MR) is 103 cm³/mol. The molecule has 1 heterocycles. The zero-order valence-electron chi connectivity index (χ0n) is 14.1. The van der Waals surface area contributed by atoms with E-state index >= 15 is 0 Å². The number of rotatable bonds is 4. The molecule has 0 saturated heterocycles. The van der Waals surface area contributed by atoms with Crippen LogP contribution >= 0.6 is 0 Å². The van der Waals surface area contributed by atoms with E-state index in [1.807, 2.05) is 60.7 Å². The third-order valence-electron chi connectivity index (χ3n) is 4.23. The fourth-order valence-corrected chi connectivity index (χ4v) is 2.96. The summed E-state index contributed by atoms with van der Waals surface area (Å²) in [6, 6.07) is 25.8. The van der Waals surface area contributed by atoms with Gasteiger partial charge < -0.3 is 4.42 Å². The van der Waals surface area contributed by atoms with Gasteiger partial charge in [-0.25, -0.2) is 4.99 Å². The number of nitrogens with one attached hydrogen (secondary N) is 1. The number of fused-ring (bicyclic) bond motifs is 1. The fourth-order valence-electron chi connectivity index (χ4n) is 2.96. The van der Waals surface area contributed by atoms with Gasteiger partial charge in [-0.05, 0) is 53.9 Å². The quantitative estimate of drug-likeness (QED) is 0.309.